The molecule has 128 valence electrons. The van der Waals surface area contributed by atoms with Gasteiger partial charge in [-0.25, -0.2) is 13.8 Å². The zero-order chi connectivity index (χ0) is 16.4. The summed E-state index contributed by atoms with van der Waals surface area (Å²) >= 11 is 0. The van der Waals surface area contributed by atoms with Crippen LogP contribution < -0.4 is 0 Å². The number of carbonyl (C=O) groups excluding carboxylic acids is 1. The maximum absolute atomic E-state index is 13.7. The van der Waals surface area contributed by atoms with E-state index in [9.17, 15) is 13.6 Å². The van der Waals surface area contributed by atoms with Crippen LogP contribution in [0.1, 0.15) is 63.7 Å². The molecule has 0 unspecified atom stereocenters. The number of likely N-dealkylation sites (tertiary alicyclic amines) is 1. The summed E-state index contributed by atoms with van der Waals surface area (Å²) in [4.78, 5) is 19.2. The predicted molar refractivity (Wildman–Crippen MR) is 83.1 cm³/mol. The van der Waals surface area contributed by atoms with Crippen molar-refractivity contribution in [1.29, 1.82) is 0 Å². The van der Waals surface area contributed by atoms with Gasteiger partial charge < -0.3 is 9.47 Å². The average molecular weight is 325 g/mol. The topological polar surface area (TPSA) is 38.1 Å². The first-order chi connectivity index (χ1) is 11.0. The van der Waals surface area contributed by atoms with Gasteiger partial charge in [0.2, 0.25) is 11.8 Å². The van der Waals surface area contributed by atoms with E-state index in [1.165, 1.54) is 0 Å². The zero-order valence-electron chi connectivity index (χ0n) is 13.7. The van der Waals surface area contributed by atoms with Crippen molar-refractivity contribution in [1.82, 2.24) is 14.5 Å². The second-order valence-electron chi connectivity index (χ2n) is 6.76. The largest absolute Gasteiger partial charge is 0.333 e. The molecule has 2 aliphatic rings. The van der Waals surface area contributed by atoms with Crippen LogP contribution in [0, 0.1) is 5.92 Å². The molecule has 1 saturated carbocycles. The van der Waals surface area contributed by atoms with Crippen molar-refractivity contribution in [2.75, 3.05) is 6.54 Å². The molecule has 3 rings (SSSR count). The van der Waals surface area contributed by atoms with Gasteiger partial charge in [-0.15, -0.1) is 0 Å². The molecule has 1 amide bonds. The van der Waals surface area contributed by atoms with E-state index < -0.39 is 11.8 Å². The van der Waals surface area contributed by atoms with Gasteiger partial charge in [-0.3, -0.25) is 4.79 Å². The van der Waals surface area contributed by atoms with E-state index >= 15 is 0 Å². The molecule has 2 fully saturated rings. The number of aryl methyl sites for hydroxylation is 1. The highest BCUT2D eigenvalue weighted by atomic mass is 19.3. The van der Waals surface area contributed by atoms with Crippen molar-refractivity contribution in [2.45, 2.75) is 70.4 Å². The fraction of sp³-hybridized carbons (Fsp3) is 0.765. The lowest BCUT2D eigenvalue weighted by Crippen LogP contribution is -2.45. The number of amides is 1. The number of halogens is 2. The fourth-order valence-electron chi connectivity index (χ4n) is 3.97. The second-order valence-corrected chi connectivity index (χ2v) is 6.76. The van der Waals surface area contributed by atoms with Crippen molar-refractivity contribution in [2.24, 2.45) is 5.92 Å². The Morgan fingerprint density at radius 1 is 1.35 bits per heavy atom. The van der Waals surface area contributed by atoms with Crippen LogP contribution in [0.4, 0.5) is 8.78 Å². The summed E-state index contributed by atoms with van der Waals surface area (Å²) in [5.74, 6) is -2.43. The predicted octanol–water partition coefficient (Wildman–Crippen LogP) is 3.78. The number of piperidine rings is 1. The molecule has 0 bridgehead atoms. The van der Waals surface area contributed by atoms with Crippen molar-refractivity contribution in [3.05, 3.63) is 18.2 Å². The number of nitrogens with zero attached hydrogens (tertiary/aromatic N) is 3. The van der Waals surface area contributed by atoms with E-state index in [2.05, 4.69) is 4.98 Å². The van der Waals surface area contributed by atoms with Crippen molar-refractivity contribution < 1.29 is 13.6 Å². The molecule has 23 heavy (non-hydrogen) atoms. The molecule has 0 N–H and O–H groups in total. The molecular formula is C17H25F2N3O. The summed E-state index contributed by atoms with van der Waals surface area (Å²) in [6.45, 7) is 3.50. The third-order valence-corrected chi connectivity index (χ3v) is 5.16. The normalized spacial score (nSPS) is 27.9. The molecular weight excluding hydrogens is 300 g/mol. The van der Waals surface area contributed by atoms with Gasteiger partial charge in [-0.1, -0.05) is 0 Å². The molecule has 2 atom stereocenters. The van der Waals surface area contributed by atoms with E-state index in [1.807, 2.05) is 22.6 Å². The minimum Gasteiger partial charge on any atom is -0.333 e. The molecule has 4 nitrogen and oxygen atoms in total. The van der Waals surface area contributed by atoms with E-state index in [-0.39, 0.29) is 24.8 Å². The van der Waals surface area contributed by atoms with E-state index in [1.54, 1.807) is 6.20 Å². The summed E-state index contributed by atoms with van der Waals surface area (Å²) in [5.41, 5.74) is 0. The first-order valence-electron chi connectivity index (χ1n) is 8.71. The number of alkyl halides is 2. The summed E-state index contributed by atoms with van der Waals surface area (Å²) in [5, 5.41) is 0. The maximum atomic E-state index is 13.7. The zero-order valence-corrected chi connectivity index (χ0v) is 13.7. The molecule has 1 aliphatic carbocycles. The van der Waals surface area contributed by atoms with E-state index in [0.29, 0.717) is 19.4 Å². The minimum absolute atomic E-state index is 0.0678. The Kier molecular flexibility index (Phi) is 4.69. The van der Waals surface area contributed by atoms with Gasteiger partial charge in [0.15, 0.2) is 0 Å². The van der Waals surface area contributed by atoms with Gasteiger partial charge >= 0.3 is 0 Å². The summed E-state index contributed by atoms with van der Waals surface area (Å²) < 4.78 is 29.4. The van der Waals surface area contributed by atoms with Crippen LogP contribution in [0.5, 0.6) is 0 Å². The average Bonchev–Trinajstić information content (AvgIpc) is 3.01. The Hall–Kier alpha value is -1.46. The minimum atomic E-state index is -2.69. The highest BCUT2D eigenvalue weighted by molar-refractivity contribution is 5.79. The van der Waals surface area contributed by atoms with Gasteiger partial charge in [0.1, 0.15) is 5.82 Å². The Morgan fingerprint density at radius 3 is 2.91 bits per heavy atom. The summed E-state index contributed by atoms with van der Waals surface area (Å²) in [7, 11) is 0. The van der Waals surface area contributed by atoms with Crippen molar-refractivity contribution in [3.8, 4) is 0 Å². The van der Waals surface area contributed by atoms with Gasteiger partial charge in [0.05, 0.1) is 6.04 Å². The Morgan fingerprint density at radius 2 is 2.17 bits per heavy atom. The SMILES string of the molecule is CCn1ccnc1[C@@H]1CCCCN1C(=O)[C@@H]1CCCC(F)(F)C1. The summed E-state index contributed by atoms with van der Waals surface area (Å²) in [6.07, 6.45) is 7.17. The number of carbonyl (C=O) groups is 1. The molecule has 0 radical (unpaired) electrons. The van der Waals surface area contributed by atoms with E-state index in [4.69, 9.17) is 0 Å². The van der Waals surface area contributed by atoms with Crippen LogP contribution in [-0.4, -0.2) is 32.8 Å². The number of hydrogen-bond acceptors (Lipinski definition) is 2. The Labute approximate surface area is 135 Å². The number of imidazole rings is 1. The van der Waals surface area contributed by atoms with Crippen LogP contribution in [0.15, 0.2) is 12.4 Å². The van der Waals surface area contributed by atoms with Gasteiger partial charge in [-0.05, 0) is 39.0 Å². The lowest BCUT2D eigenvalue weighted by Gasteiger charge is -2.39. The quantitative estimate of drug-likeness (QED) is 0.848. The Bertz CT molecular complexity index is 558. The first kappa shape index (κ1) is 16.4. The molecule has 1 aromatic rings. The van der Waals surface area contributed by atoms with Gasteiger partial charge in [0.25, 0.3) is 0 Å². The molecule has 2 heterocycles. The second kappa shape index (κ2) is 6.57. The number of rotatable bonds is 3. The van der Waals surface area contributed by atoms with Crippen LogP contribution in [0.3, 0.4) is 0 Å². The maximum Gasteiger partial charge on any atom is 0.248 e. The van der Waals surface area contributed by atoms with Crippen LogP contribution >= 0.6 is 0 Å². The lowest BCUT2D eigenvalue weighted by molar-refractivity contribution is -0.146. The highest BCUT2D eigenvalue weighted by Gasteiger charge is 2.42. The third-order valence-electron chi connectivity index (χ3n) is 5.16. The molecule has 1 aromatic heterocycles. The Balaban J connectivity index is 1.79. The molecule has 1 aliphatic heterocycles. The van der Waals surface area contributed by atoms with Crippen molar-refractivity contribution >= 4 is 5.91 Å². The smallest absolute Gasteiger partial charge is 0.248 e. The molecule has 6 heteroatoms. The molecule has 0 aromatic carbocycles. The summed E-state index contributed by atoms with van der Waals surface area (Å²) in [6, 6.07) is -0.0678. The first-order valence-corrected chi connectivity index (χ1v) is 8.71. The van der Waals surface area contributed by atoms with Crippen molar-refractivity contribution in [3.63, 3.8) is 0 Å². The van der Waals surface area contributed by atoms with E-state index in [0.717, 1.165) is 31.6 Å². The monoisotopic (exact) mass is 325 g/mol. The highest BCUT2D eigenvalue weighted by Crippen LogP contribution is 2.39. The van der Waals surface area contributed by atoms with Gasteiger partial charge in [-0.2, -0.15) is 0 Å². The number of aromatic nitrogens is 2. The third kappa shape index (κ3) is 3.40. The molecule has 0 spiro atoms. The number of hydrogen-bond donors (Lipinski definition) is 0. The molecule has 1 saturated heterocycles. The lowest BCUT2D eigenvalue weighted by atomic mass is 9.84. The standard InChI is InChI=1S/C17H25F2N3O/c1-2-21-11-9-20-15(21)14-7-3-4-10-22(14)16(23)13-6-5-8-17(18,19)12-13/h9,11,13-14H,2-8,10,12H2,1H3/t13-,14+/m1/s1. The van der Waals surface area contributed by atoms with Crippen LogP contribution in [0.25, 0.3) is 0 Å². The van der Waals surface area contributed by atoms with Crippen LogP contribution in [0.2, 0.25) is 0 Å². The van der Waals surface area contributed by atoms with Crippen LogP contribution in [-0.2, 0) is 11.3 Å². The van der Waals surface area contributed by atoms with Gasteiger partial charge in [0, 0.05) is 44.2 Å². The fourth-order valence-corrected chi connectivity index (χ4v) is 3.97.